The van der Waals surface area contributed by atoms with E-state index in [0.29, 0.717) is 18.9 Å². The van der Waals surface area contributed by atoms with Gasteiger partial charge in [-0.1, -0.05) is 19.8 Å². The average Bonchev–Trinajstić information content (AvgIpc) is 2.22. The van der Waals surface area contributed by atoms with E-state index in [0.717, 1.165) is 19.3 Å². The molecule has 1 aliphatic rings. The molecular formula is C12H20N2O. The number of nitrogens with one attached hydrogen (secondary N) is 1. The van der Waals surface area contributed by atoms with Crippen molar-refractivity contribution >= 4 is 5.90 Å². The molecule has 1 fully saturated rings. The summed E-state index contributed by atoms with van der Waals surface area (Å²) in [5.41, 5.74) is -0.343. The van der Waals surface area contributed by atoms with Gasteiger partial charge < -0.3 is 4.74 Å². The first-order valence-corrected chi connectivity index (χ1v) is 5.76. The summed E-state index contributed by atoms with van der Waals surface area (Å²) in [6, 6.07) is 2.44. The predicted molar refractivity (Wildman–Crippen MR) is 59.6 cm³/mol. The lowest BCUT2D eigenvalue weighted by molar-refractivity contribution is 0.168. The van der Waals surface area contributed by atoms with Crippen molar-refractivity contribution in [3.05, 3.63) is 0 Å². The molecule has 15 heavy (non-hydrogen) atoms. The van der Waals surface area contributed by atoms with Crippen molar-refractivity contribution in [1.29, 1.82) is 10.7 Å². The molecule has 1 saturated carbocycles. The van der Waals surface area contributed by atoms with Gasteiger partial charge in [0.25, 0.3) is 0 Å². The van der Waals surface area contributed by atoms with E-state index in [-0.39, 0.29) is 11.3 Å². The van der Waals surface area contributed by atoms with Crippen LogP contribution in [0.25, 0.3) is 0 Å². The molecule has 0 aromatic carbocycles. The van der Waals surface area contributed by atoms with Crippen LogP contribution in [0.3, 0.4) is 0 Å². The van der Waals surface area contributed by atoms with Crippen molar-refractivity contribution in [2.75, 3.05) is 6.61 Å². The fourth-order valence-corrected chi connectivity index (χ4v) is 2.39. The normalized spacial score (nSPS) is 30.6. The van der Waals surface area contributed by atoms with Crippen molar-refractivity contribution in [2.24, 2.45) is 11.3 Å². The first-order chi connectivity index (χ1) is 7.14. The Morgan fingerprint density at radius 1 is 1.60 bits per heavy atom. The van der Waals surface area contributed by atoms with Gasteiger partial charge in [0, 0.05) is 6.42 Å². The Labute approximate surface area is 91.9 Å². The Balaban J connectivity index is 2.67. The molecule has 0 aliphatic heterocycles. The molecule has 0 spiro atoms. The maximum Gasteiger partial charge on any atom is 0.181 e. The molecule has 0 saturated heterocycles. The second kappa shape index (κ2) is 5.16. The highest BCUT2D eigenvalue weighted by Gasteiger charge is 2.39. The predicted octanol–water partition coefficient (Wildman–Crippen LogP) is 3.11. The van der Waals surface area contributed by atoms with Crippen LogP contribution < -0.4 is 0 Å². The zero-order chi connectivity index (χ0) is 11.3. The molecule has 0 aromatic heterocycles. The SMILES string of the molecule is CCOC(=N)CC1(C#N)CCCCC1C. The van der Waals surface area contributed by atoms with Gasteiger partial charge >= 0.3 is 0 Å². The van der Waals surface area contributed by atoms with E-state index in [2.05, 4.69) is 13.0 Å². The van der Waals surface area contributed by atoms with Crippen LogP contribution in [0.1, 0.15) is 46.0 Å². The summed E-state index contributed by atoms with van der Waals surface area (Å²) >= 11 is 0. The Hall–Kier alpha value is -1.04. The molecule has 0 amide bonds. The van der Waals surface area contributed by atoms with Gasteiger partial charge in [-0.15, -0.1) is 0 Å². The van der Waals surface area contributed by atoms with Crippen molar-refractivity contribution < 1.29 is 4.74 Å². The van der Waals surface area contributed by atoms with Crippen LogP contribution in [0, 0.1) is 28.1 Å². The van der Waals surface area contributed by atoms with Gasteiger partial charge in [-0.05, 0) is 25.7 Å². The second-order valence-electron chi connectivity index (χ2n) is 4.45. The minimum Gasteiger partial charge on any atom is -0.481 e. The quantitative estimate of drug-likeness (QED) is 0.572. The summed E-state index contributed by atoms with van der Waals surface area (Å²) in [6.07, 6.45) is 4.83. The molecule has 0 bridgehead atoms. The summed E-state index contributed by atoms with van der Waals surface area (Å²) in [5, 5.41) is 17.0. The van der Waals surface area contributed by atoms with E-state index in [1.165, 1.54) is 6.42 Å². The third-order valence-electron chi connectivity index (χ3n) is 3.47. The highest BCUT2D eigenvalue weighted by atomic mass is 16.5. The summed E-state index contributed by atoms with van der Waals surface area (Å²) in [7, 11) is 0. The standard InChI is InChI=1S/C12H20N2O/c1-3-15-11(14)8-12(9-13)7-5-4-6-10(12)2/h10,14H,3-8H2,1-2H3. The second-order valence-corrected chi connectivity index (χ2v) is 4.45. The van der Waals surface area contributed by atoms with Crippen LogP contribution in [-0.2, 0) is 4.74 Å². The molecule has 1 N–H and O–H groups in total. The summed E-state index contributed by atoms with van der Waals surface area (Å²) in [6.45, 7) is 4.52. The Morgan fingerprint density at radius 3 is 2.87 bits per heavy atom. The number of ether oxygens (including phenoxy) is 1. The summed E-state index contributed by atoms with van der Waals surface area (Å²) in [5.74, 6) is 0.657. The first kappa shape index (κ1) is 12.0. The third-order valence-corrected chi connectivity index (χ3v) is 3.47. The topological polar surface area (TPSA) is 56.9 Å². The van der Waals surface area contributed by atoms with Crippen LogP contribution >= 0.6 is 0 Å². The van der Waals surface area contributed by atoms with E-state index in [9.17, 15) is 5.26 Å². The molecule has 0 radical (unpaired) electrons. The highest BCUT2D eigenvalue weighted by molar-refractivity contribution is 5.74. The molecule has 2 unspecified atom stereocenters. The van der Waals surface area contributed by atoms with E-state index in [4.69, 9.17) is 10.1 Å². The van der Waals surface area contributed by atoms with Crippen molar-refractivity contribution in [3.8, 4) is 6.07 Å². The van der Waals surface area contributed by atoms with Gasteiger partial charge in [0.15, 0.2) is 5.90 Å². The van der Waals surface area contributed by atoms with E-state index >= 15 is 0 Å². The van der Waals surface area contributed by atoms with Gasteiger partial charge in [0.2, 0.25) is 0 Å². The molecule has 3 heteroatoms. The number of hydrogen-bond acceptors (Lipinski definition) is 3. The van der Waals surface area contributed by atoms with Crippen molar-refractivity contribution in [1.82, 2.24) is 0 Å². The van der Waals surface area contributed by atoms with E-state index < -0.39 is 0 Å². The maximum atomic E-state index is 9.33. The van der Waals surface area contributed by atoms with Gasteiger partial charge in [-0.25, -0.2) is 0 Å². The van der Waals surface area contributed by atoms with Crippen LogP contribution in [-0.4, -0.2) is 12.5 Å². The lowest BCUT2D eigenvalue weighted by Gasteiger charge is -2.36. The number of nitrogens with zero attached hydrogens (tertiary/aromatic N) is 1. The van der Waals surface area contributed by atoms with Crippen LogP contribution in [0.4, 0.5) is 0 Å². The minimum atomic E-state index is -0.343. The summed E-state index contributed by atoms with van der Waals surface area (Å²) < 4.78 is 5.15. The molecule has 3 nitrogen and oxygen atoms in total. The molecule has 84 valence electrons. The molecule has 0 heterocycles. The number of nitriles is 1. The fourth-order valence-electron chi connectivity index (χ4n) is 2.39. The van der Waals surface area contributed by atoms with Crippen molar-refractivity contribution in [3.63, 3.8) is 0 Å². The summed E-state index contributed by atoms with van der Waals surface area (Å²) in [4.78, 5) is 0. The zero-order valence-corrected chi connectivity index (χ0v) is 9.68. The first-order valence-electron chi connectivity index (χ1n) is 5.76. The van der Waals surface area contributed by atoms with Gasteiger partial charge in [0.1, 0.15) is 0 Å². The van der Waals surface area contributed by atoms with Crippen LogP contribution in [0.2, 0.25) is 0 Å². The fraction of sp³-hybridized carbons (Fsp3) is 0.833. The lowest BCUT2D eigenvalue weighted by atomic mass is 9.66. The Morgan fingerprint density at radius 2 is 2.33 bits per heavy atom. The van der Waals surface area contributed by atoms with E-state index in [1.54, 1.807) is 0 Å². The largest absolute Gasteiger partial charge is 0.481 e. The lowest BCUT2D eigenvalue weighted by Crippen LogP contribution is -2.33. The van der Waals surface area contributed by atoms with Gasteiger partial charge in [0.05, 0.1) is 18.1 Å². The van der Waals surface area contributed by atoms with Crippen LogP contribution in [0.15, 0.2) is 0 Å². The van der Waals surface area contributed by atoms with Gasteiger partial charge in [-0.2, -0.15) is 5.26 Å². The minimum absolute atomic E-state index is 0.271. The molecule has 0 aromatic rings. The highest BCUT2D eigenvalue weighted by Crippen LogP contribution is 2.43. The number of rotatable bonds is 3. The van der Waals surface area contributed by atoms with Crippen molar-refractivity contribution in [2.45, 2.75) is 46.0 Å². The molecule has 1 aliphatic carbocycles. The zero-order valence-electron chi connectivity index (χ0n) is 9.68. The maximum absolute atomic E-state index is 9.33. The molecule has 1 rings (SSSR count). The Bertz CT molecular complexity index is 269. The monoisotopic (exact) mass is 208 g/mol. The third kappa shape index (κ3) is 2.71. The van der Waals surface area contributed by atoms with Crippen LogP contribution in [0.5, 0.6) is 0 Å². The van der Waals surface area contributed by atoms with Gasteiger partial charge in [-0.3, -0.25) is 5.41 Å². The molecular weight excluding hydrogens is 188 g/mol. The smallest absolute Gasteiger partial charge is 0.181 e. The molecule has 2 atom stereocenters. The average molecular weight is 208 g/mol. The number of hydrogen-bond donors (Lipinski definition) is 1. The Kier molecular flexibility index (Phi) is 4.14. The van der Waals surface area contributed by atoms with E-state index in [1.807, 2.05) is 6.92 Å².